The van der Waals surface area contributed by atoms with Crippen molar-refractivity contribution >= 4 is 39.2 Å². The van der Waals surface area contributed by atoms with Crippen LogP contribution < -0.4 is 5.56 Å². The number of aryl methyl sites for hydroxylation is 2. The molecule has 3 rings (SSSR count). The maximum atomic E-state index is 13.0. The first-order valence-electron chi connectivity index (χ1n) is 10.3. The lowest BCUT2D eigenvalue weighted by atomic mass is 9.97. The van der Waals surface area contributed by atoms with E-state index < -0.39 is 0 Å². The summed E-state index contributed by atoms with van der Waals surface area (Å²) in [5, 5.41) is 1.44. The van der Waals surface area contributed by atoms with Gasteiger partial charge in [-0.2, -0.15) is 0 Å². The van der Waals surface area contributed by atoms with Crippen LogP contribution in [0.1, 0.15) is 63.8 Å². The van der Waals surface area contributed by atoms with Crippen molar-refractivity contribution in [1.29, 1.82) is 0 Å². The number of carbonyl (C=O) groups is 1. The van der Waals surface area contributed by atoms with Crippen molar-refractivity contribution in [2.24, 2.45) is 7.05 Å². The minimum absolute atomic E-state index is 0.0278. The zero-order chi connectivity index (χ0) is 20.4. The van der Waals surface area contributed by atoms with Gasteiger partial charge in [-0.15, -0.1) is 11.3 Å². The molecule has 0 saturated carbocycles. The van der Waals surface area contributed by atoms with Gasteiger partial charge < -0.3 is 4.90 Å². The quantitative estimate of drug-likeness (QED) is 0.491. The predicted octanol–water partition coefficient (Wildman–Crippen LogP) is 4.39. The maximum absolute atomic E-state index is 13.0. The molecule has 0 aromatic carbocycles. The van der Waals surface area contributed by atoms with Gasteiger partial charge in [0.1, 0.15) is 4.83 Å². The summed E-state index contributed by atoms with van der Waals surface area (Å²) in [6, 6.07) is 0.428. The number of nitrogens with zero attached hydrogens (tertiary/aromatic N) is 3. The fraction of sp³-hybridized carbons (Fsp3) is 0.667. The molecule has 1 amide bonds. The molecule has 5 nitrogen and oxygen atoms in total. The van der Waals surface area contributed by atoms with Gasteiger partial charge in [-0.1, -0.05) is 25.6 Å². The molecule has 2 aromatic rings. The van der Waals surface area contributed by atoms with Crippen LogP contribution in [-0.2, 0) is 24.7 Å². The summed E-state index contributed by atoms with van der Waals surface area (Å²) >= 11 is 3.04. The topological polar surface area (TPSA) is 55.2 Å². The van der Waals surface area contributed by atoms with Gasteiger partial charge in [0.05, 0.1) is 11.1 Å². The Morgan fingerprint density at radius 2 is 1.86 bits per heavy atom. The van der Waals surface area contributed by atoms with Crippen molar-refractivity contribution in [3.05, 3.63) is 20.8 Å². The minimum Gasteiger partial charge on any atom is -0.337 e. The Morgan fingerprint density at radius 3 is 2.50 bits per heavy atom. The van der Waals surface area contributed by atoms with Crippen LogP contribution in [0.25, 0.3) is 10.2 Å². The van der Waals surface area contributed by atoms with E-state index in [9.17, 15) is 9.59 Å². The second-order valence-corrected chi connectivity index (χ2v) is 9.78. The molecule has 154 valence electrons. The molecule has 0 unspecified atom stereocenters. The van der Waals surface area contributed by atoms with E-state index in [1.807, 2.05) is 4.90 Å². The van der Waals surface area contributed by atoms with E-state index >= 15 is 0 Å². The van der Waals surface area contributed by atoms with Crippen molar-refractivity contribution in [3.8, 4) is 0 Å². The highest BCUT2D eigenvalue weighted by atomic mass is 32.2. The van der Waals surface area contributed by atoms with E-state index in [4.69, 9.17) is 4.98 Å². The zero-order valence-electron chi connectivity index (χ0n) is 17.6. The van der Waals surface area contributed by atoms with Crippen molar-refractivity contribution in [1.82, 2.24) is 14.5 Å². The van der Waals surface area contributed by atoms with Gasteiger partial charge in [0, 0.05) is 24.0 Å². The molecule has 2 atom stereocenters. The summed E-state index contributed by atoms with van der Waals surface area (Å²) in [6.45, 7) is 8.42. The number of rotatable bonds is 7. The van der Waals surface area contributed by atoms with Crippen LogP contribution in [0.4, 0.5) is 0 Å². The Kier molecular flexibility index (Phi) is 6.86. The second kappa shape index (κ2) is 8.99. The van der Waals surface area contributed by atoms with Gasteiger partial charge in [0.2, 0.25) is 5.91 Å². The second-order valence-electron chi connectivity index (χ2n) is 7.75. The fourth-order valence-electron chi connectivity index (χ4n) is 3.92. The third kappa shape index (κ3) is 4.01. The van der Waals surface area contributed by atoms with E-state index in [1.54, 1.807) is 23.0 Å². The highest BCUT2D eigenvalue weighted by Gasteiger charge is 2.25. The molecule has 28 heavy (non-hydrogen) atoms. The lowest BCUT2D eigenvalue weighted by Gasteiger charge is -2.34. The molecule has 0 saturated heterocycles. The van der Waals surface area contributed by atoms with E-state index in [0.29, 0.717) is 10.9 Å². The number of fused-ring (bicyclic) bond motifs is 3. The van der Waals surface area contributed by atoms with Crippen molar-refractivity contribution in [2.45, 2.75) is 83.5 Å². The van der Waals surface area contributed by atoms with Crippen molar-refractivity contribution in [2.75, 3.05) is 5.75 Å². The van der Waals surface area contributed by atoms with Gasteiger partial charge in [-0.3, -0.25) is 14.2 Å². The molecule has 0 N–H and O–H groups in total. The number of hydrogen-bond donors (Lipinski definition) is 0. The number of carbonyl (C=O) groups excluding carboxylic acids is 1. The summed E-state index contributed by atoms with van der Waals surface area (Å²) in [6.07, 6.45) is 6.25. The van der Waals surface area contributed by atoms with Gasteiger partial charge in [-0.25, -0.2) is 4.98 Å². The Hall–Kier alpha value is -1.34. The fourth-order valence-corrected chi connectivity index (χ4v) is 6.06. The first-order chi connectivity index (χ1) is 13.4. The standard InChI is InChI=1S/C21H31N3O2S2/c1-6-13(3)24(14(4)7-2)17(25)12-27-21-22-19-18(20(26)23(21)5)15-10-8-9-11-16(15)28-19/h13-14H,6-12H2,1-5H3/t13-,14-/m1/s1. The predicted molar refractivity (Wildman–Crippen MR) is 119 cm³/mol. The van der Waals surface area contributed by atoms with E-state index in [-0.39, 0.29) is 23.6 Å². The van der Waals surface area contributed by atoms with Gasteiger partial charge in [0.25, 0.3) is 5.56 Å². The number of hydrogen-bond acceptors (Lipinski definition) is 5. The largest absolute Gasteiger partial charge is 0.337 e. The molecule has 0 spiro atoms. The third-order valence-corrected chi connectivity index (χ3v) is 8.10. The summed E-state index contributed by atoms with van der Waals surface area (Å²) < 4.78 is 1.62. The maximum Gasteiger partial charge on any atom is 0.262 e. The van der Waals surface area contributed by atoms with E-state index in [1.165, 1.54) is 28.6 Å². The van der Waals surface area contributed by atoms with Crippen LogP contribution in [0.5, 0.6) is 0 Å². The average molecular weight is 422 g/mol. The highest BCUT2D eigenvalue weighted by molar-refractivity contribution is 7.99. The zero-order valence-corrected chi connectivity index (χ0v) is 19.2. The molecule has 0 aliphatic heterocycles. The molecule has 7 heteroatoms. The number of amides is 1. The Bertz CT molecular complexity index is 908. The molecular formula is C21H31N3O2S2. The Balaban J connectivity index is 1.85. The van der Waals surface area contributed by atoms with Crippen LogP contribution in [0.3, 0.4) is 0 Å². The lowest BCUT2D eigenvalue weighted by molar-refractivity contribution is -0.132. The molecule has 0 fully saturated rings. The summed E-state index contributed by atoms with van der Waals surface area (Å²) in [5.74, 6) is 0.430. The van der Waals surface area contributed by atoms with Gasteiger partial charge in [-0.05, 0) is 57.9 Å². The van der Waals surface area contributed by atoms with Gasteiger partial charge in [0.15, 0.2) is 5.16 Å². The van der Waals surface area contributed by atoms with Crippen LogP contribution in [0.15, 0.2) is 9.95 Å². The lowest BCUT2D eigenvalue weighted by Crippen LogP contribution is -2.45. The van der Waals surface area contributed by atoms with Crippen molar-refractivity contribution < 1.29 is 4.79 Å². The van der Waals surface area contributed by atoms with Crippen LogP contribution >= 0.6 is 23.1 Å². The van der Waals surface area contributed by atoms with Gasteiger partial charge >= 0.3 is 0 Å². The van der Waals surface area contributed by atoms with E-state index in [2.05, 4.69) is 27.7 Å². The molecule has 0 radical (unpaired) electrons. The first kappa shape index (κ1) is 21.4. The highest BCUT2D eigenvalue weighted by Crippen LogP contribution is 2.34. The molecule has 0 bridgehead atoms. The van der Waals surface area contributed by atoms with Crippen LogP contribution in [0.2, 0.25) is 0 Å². The van der Waals surface area contributed by atoms with Crippen LogP contribution in [0, 0.1) is 0 Å². The first-order valence-corrected chi connectivity index (χ1v) is 12.1. The number of thioether (sulfide) groups is 1. The minimum atomic E-state index is 0.0278. The van der Waals surface area contributed by atoms with E-state index in [0.717, 1.165) is 42.3 Å². The third-order valence-electron chi connectivity index (χ3n) is 5.90. The average Bonchev–Trinajstić information content (AvgIpc) is 3.07. The monoisotopic (exact) mass is 421 g/mol. The van der Waals surface area contributed by atoms with Crippen LogP contribution in [-0.4, -0.2) is 38.2 Å². The summed E-state index contributed by atoms with van der Waals surface area (Å²) in [5.41, 5.74) is 1.24. The SMILES string of the molecule is CC[C@@H](C)N(C(=O)CSc1nc2sc3c(c2c(=O)n1C)CCCC3)[C@H](C)CC. The van der Waals surface area contributed by atoms with Crippen molar-refractivity contribution in [3.63, 3.8) is 0 Å². The Labute approximate surface area is 175 Å². The molecule has 2 aromatic heterocycles. The summed E-state index contributed by atoms with van der Waals surface area (Å²) in [7, 11) is 1.77. The molecule has 1 aliphatic rings. The number of thiophene rings is 1. The normalized spacial score (nSPS) is 16.0. The molecule has 1 aliphatic carbocycles. The number of aromatic nitrogens is 2. The summed E-state index contributed by atoms with van der Waals surface area (Å²) in [4.78, 5) is 34.9. The smallest absolute Gasteiger partial charge is 0.262 e. The molecule has 2 heterocycles. The molecular weight excluding hydrogens is 390 g/mol. The Morgan fingerprint density at radius 1 is 1.21 bits per heavy atom.